The summed E-state index contributed by atoms with van der Waals surface area (Å²) in [6.45, 7) is 1.79. The number of aryl methyl sites for hydroxylation is 1. The molecule has 10 heteroatoms. The number of nitrogens with zero attached hydrogens (tertiary/aromatic N) is 4. The maximum atomic E-state index is 12.8. The van der Waals surface area contributed by atoms with E-state index in [1.807, 2.05) is 0 Å². The fraction of sp³-hybridized carbons (Fsp3) is 0.130. The molecule has 0 saturated carbocycles. The molecule has 0 aliphatic heterocycles. The first-order valence-corrected chi connectivity index (χ1v) is 9.93. The summed E-state index contributed by atoms with van der Waals surface area (Å²) >= 11 is 0. The molecule has 4 aromatic rings. The molecule has 33 heavy (non-hydrogen) atoms. The zero-order valence-electron chi connectivity index (χ0n) is 17.5. The van der Waals surface area contributed by atoms with Crippen molar-refractivity contribution in [1.82, 2.24) is 19.5 Å². The molecule has 1 amide bonds. The number of hydrogen-bond donors (Lipinski definition) is 2. The molecule has 4 rings (SSSR count). The molecule has 2 heterocycles. The molecule has 2 N–H and O–H groups in total. The molecule has 0 aliphatic rings. The second-order valence-electron chi connectivity index (χ2n) is 7.25. The molecular weight excluding hydrogens is 433 g/mol. The van der Waals surface area contributed by atoms with E-state index in [4.69, 9.17) is 0 Å². The first-order chi connectivity index (χ1) is 15.8. The van der Waals surface area contributed by atoms with Crippen molar-refractivity contribution in [2.24, 2.45) is 0 Å². The molecule has 0 unspecified atom stereocenters. The van der Waals surface area contributed by atoms with Gasteiger partial charge < -0.3 is 10.6 Å². The second kappa shape index (κ2) is 9.11. The van der Waals surface area contributed by atoms with Gasteiger partial charge in [0.2, 0.25) is 5.91 Å². The Labute approximate surface area is 187 Å². The van der Waals surface area contributed by atoms with Gasteiger partial charge >= 0.3 is 6.18 Å². The maximum Gasteiger partial charge on any atom is 0.416 e. The van der Waals surface area contributed by atoms with Gasteiger partial charge in [-0.05, 0) is 42.8 Å². The van der Waals surface area contributed by atoms with Crippen LogP contribution in [-0.4, -0.2) is 25.4 Å². The minimum absolute atomic E-state index is 0.166. The smallest absolute Gasteiger partial charge is 0.340 e. The van der Waals surface area contributed by atoms with Crippen LogP contribution in [0.3, 0.4) is 0 Å². The summed E-state index contributed by atoms with van der Waals surface area (Å²) in [6, 6.07) is 13.4. The minimum atomic E-state index is -4.45. The lowest BCUT2D eigenvalue weighted by Gasteiger charge is -2.11. The van der Waals surface area contributed by atoms with E-state index >= 15 is 0 Å². The average molecular weight is 452 g/mol. The Bertz CT molecular complexity index is 1250. The monoisotopic (exact) mass is 452 g/mol. The summed E-state index contributed by atoms with van der Waals surface area (Å²) in [6.07, 6.45) is 0.466. The molecule has 0 fully saturated rings. The fourth-order valence-electron chi connectivity index (χ4n) is 3.18. The van der Waals surface area contributed by atoms with E-state index in [-0.39, 0.29) is 12.0 Å². The molecule has 0 aliphatic carbocycles. The van der Waals surface area contributed by atoms with Crippen LogP contribution in [0.4, 0.5) is 30.4 Å². The minimum Gasteiger partial charge on any atom is -0.340 e. The van der Waals surface area contributed by atoms with Crippen molar-refractivity contribution in [3.63, 3.8) is 0 Å². The first-order valence-electron chi connectivity index (χ1n) is 9.93. The molecule has 0 radical (unpaired) electrons. The van der Waals surface area contributed by atoms with Crippen LogP contribution in [0.1, 0.15) is 17.0 Å². The van der Waals surface area contributed by atoms with E-state index < -0.39 is 17.6 Å². The predicted octanol–water partition coefficient (Wildman–Crippen LogP) is 4.91. The topological polar surface area (TPSA) is 84.7 Å². The van der Waals surface area contributed by atoms with Crippen LogP contribution in [0.15, 0.2) is 73.3 Å². The Morgan fingerprint density at radius 2 is 1.79 bits per heavy atom. The van der Waals surface area contributed by atoms with Crippen molar-refractivity contribution < 1.29 is 18.0 Å². The van der Waals surface area contributed by atoms with Crippen molar-refractivity contribution in [2.75, 3.05) is 10.6 Å². The van der Waals surface area contributed by atoms with Crippen LogP contribution in [0.5, 0.6) is 0 Å². The molecule has 7 nitrogen and oxygen atoms in total. The van der Waals surface area contributed by atoms with Gasteiger partial charge in [-0.3, -0.25) is 9.36 Å². The summed E-state index contributed by atoms with van der Waals surface area (Å²) in [5, 5.41) is 5.88. The van der Waals surface area contributed by atoms with Gasteiger partial charge in [0, 0.05) is 29.8 Å². The maximum absolute atomic E-state index is 12.8. The van der Waals surface area contributed by atoms with Gasteiger partial charge in [0.05, 0.1) is 12.0 Å². The van der Waals surface area contributed by atoms with Crippen LogP contribution in [0, 0.1) is 6.92 Å². The normalized spacial score (nSPS) is 11.3. The van der Waals surface area contributed by atoms with Crippen LogP contribution < -0.4 is 10.6 Å². The Hall–Kier alpha value is -4.21. The highest BCUT2D eigenvalue weighted by Gasteiger charge is 2.30. The Morgan fingerprint density at radius 3 is 2.48 bits per heavy atom. The highest BCUT2D eigenvalue weighted by Crippen LogP contribution is 2.29. The number of alkyl halides is 3. The van der Waals surface area contributed by atoms with Gasteiger partial charge in [-0.15, -0.1) is 0 Å². The third-order valence-corrected chi connectivity index (χ3v) is 4.65. The standard InChI is InChI=1S/C23H19F3N6O/c1-15-28-20(13-21(29-15)32-10-9-27-14-32)30-18-5-7-19(8-6-18)31-22(33)12-16-3-2-4-17(11-16)23(24,25)26/h2-11,13-14H,12H2,1H3,(H,31,33)(H,28,29,30). The van der Waals surface area contributed by atoms with E-state index in [1.54, 1.807) is 60.5 Å². The fourth-order valence-corrected chi connectivity index (χ4v) is 3.18. The quantitative estimate of drug-likeness (QED) is 0.434. The van der Waals surface area contributed by atoms with Crippen molar-refractivity contribution in [2.45, 2.75) is 19.5 Å². The van der Waals surface area contributed by atoms with E-state index in [9.17, 15) is 18.0 Å². The largest absolute Gasteiger partial charge is 0.416 e. The summed E-state index contributed by atoms with van der Waals surface area (Å²) in [4.78, 5) is 25.0. The van der Waals surface area contributed by atoms with Gasteiger partial charge in [-0.25, -0.2) is 15.0 Å². The third kappa shape index (κ3) is 5.73. The summed E-state index contributed by atoms with van der Waals surface area (Å²) in [5.41, 5.74) is 0.767. The van der Waals surface area contributed by atoms with Crippen LogP contribution >= 0.6 is 0 Å². The summed E-state index contributed by atoms with van der Waals surface area (Å²) in [5.74, 6) is 1.43. The van der Waals surface area contributed by atoms with Gasteiger partial charge in [0.1, 0.15) is 23.8 Å². The number of hydrogen-bond acceptors (Lipinski definition) is 5. The highest BCUT2D eigenvalue weighted by molar-refractivity contribution is 5.92. The molecule has 2 aromatic carbocycles. The van der Waals surface area contributed by atoms with Crippen LogP contribution in [-0.2, 0) is 17.4 Å². The molecule has 0 bridgehead atoms. The van der Waals surface area contributed by atoms with Crippen molar-refractivity contribution in [3.8, 4) is 5.82 Å². The van der Waals surface area contributed by atoms with Gasteiger partial charge in [0.25, 0.3) is 0 Å². The van der Waals surface area contributed by atoms with Gasteiger partial charge in [-0.2, -0.15) is 13.2 Å². The Balaban J connectivity index is 1.39. The SMILES string of the molecule is Cc1nc(Nc2ccc(NC(=O)Cc3cccc(C(F)(F)F)c3)cc2)cc(-n2ccnc2)n1. The predicted molar refractivity (Wildman–Crippen MR) is 117 cm³/mol. The third-order valence-electron chi connectivity index (χ3n) is 4.65. The second-order valence-corrected chi connectivity index (χ2v) is 7.25. The van der Waals surface area contributed by atoms with Crippen LogP contribution in [0.2, 0.25) is 0 Å². The van der Waals surface area contributed by atoms with Crippen LogP contribution in [0.25, 0.3) is 5.82 Å². The number of anilines is 3. The van der Waals surface area contributed by atoms with E-state index in [1.165, 1.54) is 12.1 Å². The van der Waals surface area contributed by atoms with E-state index in [0.29, 0.717) is 23.1 Å². The van der Waals surface area contributed by atoms with E-state index in [2.05, 4.69) is 25.6 Å². The lowest BCUT2D eigenvalue weighted by molar-refractivity contribution is -0.137. The number of halogens is 3. The highest BCUT2D eigenvalue weighted by atomic mass is 19.4. The van der Waals surface area contributed by atoms with Gasteiger partial charge in [-0.1, -0.05) is 18.2 Å². The Kier molecular flexibility index (Phi) is 6.07. The number of carbonyl (C=O) groups excluding carboxylic acids is 1. The number of carbonyl (C=O) groups is 1. The molecule has 2 aromatic heterocycles. The Morgan fingerprint density at radius 1 is 1.03 bits per heavy atom. The number of aromatic nitrogens is 4. The average Bonchev–Trinajstić information content (AvgIpc) is 3.29. The van der Waals surface area contributed by atoms with Crippen molar-refractivity contribution in [3.05, 3.63) is 90.3 Å². The van der Waals surface area contributed by atoms with Gasteiger partial charge in [0.15, 0.2) is 0 Å². The molecule has 0 saturated heterocycles. The zero-order chi connectivity index (χ0) is 23.4. The van der Waals surface area contributed by atoms with Crippen molar-refractivity contribution in [1.29, 1.82) is 0 Å². The zero-order valence-corrected chi connectivity index (χ0v) is 17.5. The first kappa shape index (κ1) is 22.0. The number of rotatable bonds is 6. The lowest BCUT2D eigenvalue weighted by atomic mass is 10.1. The molecule has 168 valence electrons. The molecule has 0 spiro atoms. The van der Waals surface area contributed by atoms with Crippen molar-refractivity contribution >= 4 is 23.1 Å². The summed E-state index contributed by atoms with van der Waals surface area (Å²) < 4.78 is 40.3. The molecule has 0 atom stereocenters. The van der Waals surface area contributed by atoms with E-state index in [0.717, 1.165) is 17.8 Å². The molecular formula is C23H19F3N6O. The lowest BCUT2D eigenvalue weighted by Crippen LogP contribution is -2.15. The number of nitrogens with one attached hydrogen (secondary N) is 2. The number of imidazole rings is 1. The number of benzene rings is 2. The summed E-state index contributed by atoms with van der Waals surface area (Å²) in [7, 11) is 0. The number of amides is 1.